The van der Waals surface area contributed by atoms with E-state index in [-0.39, 0.29) is 0 Å². The lowest BCUT2D eigenvalue weighted by Gasteiger charge is -2.16. The van der Waals surface area contributed by atoms with Gasteiger partial charge < -0.3 is 5.43 Å². The number of nitrogens with zero attached hydrogens (tertiary/aromatic N) is 2. The molecule has 0 amide bonds. The van der Waals surface area contributed by atoms with Crippen LogP contribution in [0.2, 0.25) is 5.02 Å². The van der Waals surface area contributed by atoms with E-state index in [0.29, 0.717) is 5.82 Å². The number of hydrogen-bond acceptors (Lipinski definition) is 4. The van der Waals surface area contributed by atoms with Gasteiger partial charge in [0.05, 0.1) is 5.69 Å². The highest BCUT2D eigenvalue weighted by Gasteiger charge is 2.03. The van der Waals surface area contributed by atoms with E-state index in [0.717, 1.165) is 23.8 Å². The molecule has 2 rings (SSSR count). The van der Waals surface area contributed by atoms with Crippen LogP contribution in [0.3, 0.4) is 0 Å². The van der Waals surface area contributed by atoms with E-state index in [1.807, 2.05) is 42.5 Å². The van der Waals surface area contributed by atoms with Crippen molar-refractivity contribution in [2.75, 3.05) is 12.5 Å². The van der Waals surface area contributed by atoms with Crippen LogP contribution in [0.4, 0.5) is 5.82 Å². The standard InChI is InChI=1S/C14H17ClN4/c1-19(9-11-5-7-12(15)8-6-11)10-13-3-2-4-14(17-13)18-16/h2-8H,9-10,16H2,1H3,(H,17,18). The summed E-state index contributed by atoms with van der Waals surface area (Å²) < 4.78 is 0. The molecule has 0 aliphatic heterocycles. The third kappa shape index (κ3) is 4.21. The normalized spacial score (nSPS) is 10.7. The number of aromatic nitrogens is 1. The molecule has 1 aromatic carbocycles. The SMILES string of the molecule is CN(Cc1ccc(Cl)cc1)Cc1cccc(NN)n1. The molecule has 19 heavy (non-hydrogen) atoms. The maximum Gasteiger partial charge on any atom is 0.140 e. The maximum absolute atomic E-state index is 5.87. The topological polar surface area (TPSA) is 54.2 Å². The smallest absolute Gasteiger partial charge is 0.140 e. The summed E-state index contributed by atoms with van der Waals surface area (Å²) in [4.78, 5) is 6.57. The molecule has 1 heterocycles. The molecule has 0 unspecified atom stereocenters. The molecule has 0 saturated heterocycles. The lowest BCUT2D eigenvalue weighted by molar-refractivity contribution is 0.315. The highest BCUT2D eigenvalue weighted by molar-refractivity contribution is 6.30. The highest BCUT2D eigenvalue weighted by atomic mass is 35.5. The van der Waals surface area contributed by atoms with Crippen molar-refractivity contribution in [2.24, 2.45) is 5.84 Å². The van der Waals surface area contributed by atoms with Crippen LogP contribution in [0.5, 0.6) is 0 Å². The number of anilines is 1. The molecule has 0 radical (unpaired) electrons. The van der Waals surface area contributed by atoms with Gasteiger partial charge in [-0.3, -0.25) is 4.90 Å². The monoisotopic (exact) mass is 276 g/mol. The number of rotatable bonds is 5. The second-order valence-electron chi connectivity index (χ2n) is 4.46. The van der Waals surface area contributed by atoms with Crippen LogP contribution in [0.15, 0.2) is 42.5 Å². The van der Waals surface area contributed by atoms with Crippen LogP contribution in [-0.4, -0.2) is 16.9 Å². The molecule has 0 aliphatic carbocycles. The Labute approximate surface area is 118 Å². The molecule has 100 valence electrons. The molecule has 5 heteroatoms. The Bertz CT molecular complexity index is 527. The first-order valence-corrected chi connectivity index (χ1v) is 6.40. The number of hydrazine groups is 1. The zero-order valence-electron chi connectivity index (χ0n) is 10.8. The number of pyridine rings is 1. The molecule has 0 spiro atoms. The van der Waals surface area contributed by atoms with Crippen molar-refractivity contribution in [3.05, 3.63) is 58.7 Å². The van der Waals surface area contributed by atoms with E-state index < -0.39 is 0 Å². The molecule has 4 nitrogen and oxygen atoms in total. The van der Waals surface area contributed by atoms with Gasteiger partial charge in [-0.05, 0) is 36.9 Å². The summed E-state index contributed by atoms with van der Waals surface area (Å²) in [6, 6.07) is 13.6. The van der Waals surface area contributed by atoms with Crippen molar-refractivity contribution in [3.63, 3.8) is 0 Å². The minimum absolute atomic E-state index is 0.678. The summed E-state index contributed by atoms with van der Waals surface area (Å²) in [6.45, 7) is 1.61. The fourth-order valence-electron chi connectivity index (χ4n) is 1.88. The number of hydrogen-bond donors (Lipinski definition) is 2. The number of nitrogens with two attached hydrogens (primary N) is 1. The van der Waals surface area contributed by atoms with Crippen LogP contribution in [0.25, 0.3) is 0 Å². The number of halogens is 1. The predicted octanol–water partition coefficient (Wildman–Crippen LogP) is 2.65. The lowest BCUT2D eigenvalue weighted by Crippen LogP contribution is -2.18. The summed E-state index contributed by atoms with van der Waals surface area (Å²) in [5, 5.41) is 0.759. The summed E-state index contributed by atoms with van der Waals surface area (Å²) >= 11 is 5.87. The zero-order chi connectivity index (χ0) is 13.7. The first kappa shape index (κ1) is 13.8. The fourth-order valence-corrected chi connectivity index (χ4v) is 2.01. The van der Waals surface area contributed by atoms with Crippen molar-refractivity contribution in [1.82, 2.24) is 9.88 Å². The van der Waals surface area contributed by atoms with Crippen molar-refractivity contribution >= 4 is 17.4 Å². The maximum atomic E-state index is 5.87. The molecule has 0 bridgehead atoms. The third-order valence-corrected chi connectivity index (χ3v) is 3.00. The van der Waals surface area contributed by atoms with Gasteiger partial charge in [-0.2, -0.15) is 0 Å². The molecular formula is C14H17ClN4. The van der Waals surface area contributed by atoms with Crippen LogP contribution in [0, 0.1) is 0 Å². The summed E-state index contributed by atoms with van der Waals surface area (Å²) in [7, 11) is 2.05. The molecule has 0 atom stereocenters. The first-order chi connectivity index (χ1) is 9.17. The Balaban J connectivity index is 1.96. The molecule has 0 saturated carbocycles. The number of nitrogens with one attached hydrogen (secondary N) is 1. The van der Waals surface area contributed by atoms with Gasteiger partial charge in [0.25, 0.3) is 0 Å². The van der Waals surface area contributed by atoms with Gasteiger partial charge in [0.1, 0.15) is 5.82 Å². The summed E-state index contributed by atoms with van der Waals surface area (Å²) in [5.74, 6) is 6.03. The van der Waals surface area contributed by atoms with Crippen LogP contribution in [0.1, 0.15) is 11.3 Å². The highest BCUT2D eigenvalue weighted by Crippen LogP contribution is 2.12. The second-order valence-corrected chi connectivity index (χ2v) is 4.89. The van der Waals surface area contributed by atoms with Gasteiger partial charge in [-0.1, -0.05) is 29.8 Å². The van der Waals surface area contributed by atoms with Gasteiger partial charge in [-0.25, -0.2) is 10.8 Å². The van der Waals surface area contributed by atoms with Gasteiger partial charge >= 0.3 is 0 Å². The molecule has 0 fully saturated rings. The summed E-state index contributed by atoms with van der Waals surface area (Å²) in [5.41, 5.74) is 4.75. The van der Waals surface area contributed by atoms with E-state index in [1.165, 1.54) is 5.56 Å². The van der Waals surface area contributed by atoms with E-state index >= 15 is 0 Å². The lowest BCUT2D eigenvalue weighted by atomic mass is 10.2. The van der Waals surface area contributed by atoms with E-state index in [2.05, 4.69) is 22.4 Å². The quantitative estimate of drug-likeness (QED) is 0.651. The minimum Gasteiger partial charge on any atom is -0.308 e. The van der Waals surface area contributed by atoms with Crippen LogP contribution < -0.4 is 11.3 Å². The van der Waals surface area contributed by atoms with Gasteiger partial charge in [0.2, 0.25) is 0 Å². The number of benzene rings is 1. The van der Waals surface area contributed by atoms with Crippen LogP contribution >= 0.6 is 11.6 Å². The Hall–Kier alpha value is -1.62. The molecule has 2 aromatic rings. The fraction of sp³-hybridized carbons (Fsp3) is 0.214. The third-order valence-electron chi connectivity index (χ3n) is 2.75. The van der Waals surface area contributed by atoms with Gasteiger partial charge in [0.15, 0.2) is 0 Å². The molecule has 0 aliphatic rings. The van der Waals surface area contributed by atoms with E-state index in [1.54, 1.807) is 0 Å². The average molecular weight is 277 g/mol. The van der Waals surface area contributed by atoms with Crippen LogP contribution in [-0.2, 0) is 13.1 Å². The van der Waals surface area contributed by atoms with Crippen molar-refractivity contribution in [3.8, 4) is 0 Å². The molecule has 3 N–H and O–H groups in total. The van der Waals surface area contributed by atoms with E-state index in [4.69, 9.17) is 17.4 Å². The summed E-state index contributed by atoms with van der Waals surface area (Å²) in [6.07, 6.45) is 0. The Morgan fingerprint density at radius 1 is 1.16 bits per heavy atom. The average Bonchev–Trinajstić information content (AvgIpc) is 2.41. The first-order valence-electron chi connectivity index (χ1n) is 6.03. The van der Waals surface area contributed by atoms with Crippen molar-refractivity contribution in [1.29, 1.82) is 0 Å². The van der Waals surface area contributed by atoms with Gasteiger partial charge in [0, 0.05) is 18.1 Å². The molecule has 1 aromatic heterocycles. The Kier molecular flexibility index (Phi) is 4.74. The largest absolute Gasteiger partial charge is 0.308 e. The Morgan fingerprint density at radius 2 is 1.89 bits per heavy atom. The predicted molar refractivity (Wildman–Crippen MR) is 78.7 cm³/mol. The molecular weight excluding hydrogens is 260 g/mol. The Morgan fingerprint density at radius 3 is 2.58 bits per heavy atom. The van der Waals surface area contributed by atoms with E-state index in [9.17, 15) is 0 Å². The van der Waals surface area contributed by atoms with Crippen molar-refractivity contribution in [2.45, 2.75) is 13.1 Å². The zero-order valence-corrected chi connectivity index (χ0v) is 11.6. The second kappa shape index (κ2) is 6.52. The van der Waals surface area contributed by atoms with Gasteiger partial charge in [-0.15, -0.1) is 0 Å². The van der Waals surface area contributed by atoms with Crippen molar-refractivity contribution < 1.29 is 0 Å². The minimum atomic E-state index is 0.678. The number of nitrogen functional groups attached to an aromatic ring is 1.